The lowest BCUT2D eigenvalue weighted by Gasteiger charge is -2.13. The Balaban J connectivity index is 1.69. The number of benzene rings is 2. The quantitative estimate of drug-likeness (QED) is 0.117. The first-order valence-corrected chi connectivity index (χ1v) is 13.5. The van der Waals surface area contributed by atoms with E-state index in [-0.39, 0.29) is 5.91 Å². The maximum absolute atomic E-state index is 13.2. The second kappa shape index (κ2) is 12.2. The van der Waals surface area contributed by atoms with E-state index >= 15 is 0 Å². The van der Waals surface area contributed by atoms with Gasteiger partial charge in [0.15, 0.2) is 0 Å². The average molecular weight is 518 g/mol. The summed E-state index contributed by atoms with van der Waals surface area (Å²) in [5.41, 5.74) is 4.64. The molecule has 2 aromatic carbocycles. The van der Waals surface area contributed by atoms with E-state index in [4.69, 9.17) is 22.1 Å². The summed E-state index contributed by atoms with van der Waals surface area (Å²) in [5.74, 6) is 0.758. The number of nitrogens with zero attached hydrogens (tertiary/aromatic N) is 3. The van der Waals surface area contributed by atoms with Crippen LogP contribution >= 0.6 is 24.0 Å². The molecule has 2 heterocycles. The highest BCUT2D eigenvalue weighted by atomic mass is 32.2. The van der Waals surface area contributed by atoms with Crippen LogP contribution in [0.1, 0.15) is 43.7 Å². The van der Waals surface area contributed by atoms with Crippen LogP contribution in [0.15, 0.2) is 72.3 Å². The van der Waals surface area contributed by atoms with Gasteiger partial charge >= 0.3 is 0 Å². The summed E-state index contributed by atoms with van der Waals surface area (Å²) in [6, 6.07) is 15.9. The van der Waals surface area contributed by atoms with Crippen molar-refractivity contribution in [3.63, 3.8) is 0 Å². The summed E-state index contributed by atoms with van der Waals surface area (Å²) in [5, 5.41) is 4.93. The number of hydrogen-bond donors (Lipinski definition) is 0. The van der Waals surface area contributed by atoms with Gasteiger partial charge in [-0.1, -0.05) is 81.0 Å². The molecule has 186 valence electrons. The highest BCUT2D eigenvalue weighted by Gasteiger charge is 2.32. The van der Waals surface area contributed by atoms with Gasteiger partial charge in [-0.2, -0.15) is 5.10 Å². The van der Waals surface area contributed by atoms with Crippen LogP contribution in [-0.4, -0.2) is 38.1 Å². The van der Waals surface area contributed by atoms with Crippen molar-refractivity contribution in [2.24, 2.45) is 0 Å². The summed E-state index contributed by atoms with van der Waals surface area (Å²) in [4.78, 5) is 15.6. The summed E-state index contributed by atoms with van der Waals surface area (Å²) in [7, 11) is 0. The summed E-state index contributed by atoms with van der Waals surface area (Å²) < 4.78 is 8.18. The molecule has 4 rings (SSSR count). The lowest BCUT2D eigenvalue weighted by molar-refractivity contribution is -0.122. The standard InChI is InChI=1S/C29H31N3O2S2/c1-4-6-7-11-16-31-28(33)26(36-29(31)35)19-22-20-32(23-12-9-8-10-13-23)30-27(22)25-15-14-24(18-21(25)3)34-17-5-2/h5,8-10,12-15,18-20H,2,4,6-7,11,16-17H2,1,3H3. The number of carbonyl (C=O) groups excluding carboxylic acids is 1. The number of carbonyl (C=O) groups is 1. The van der Waals surface area contributed by atoms with Crippen LogP contribution in [0.2, 0.25) is 0 Å². The molecule has 0 N–H and O–H groups in total. The average Bonchev–Trinajstić information content (AvgIpc) is 3.41. The molecular weight excluding hydrogens is 486 g/mol. The maximum atomic E-state index is 13.2. The van der Waals surface area contributed by atoms with E-state index in [0.717, 1.165) is 53.1 Å². The van der Waals surface area contributed by atoms with Crippen LogP contribution in [0.4, 0.5) is 0 Å². The molecule has 0 saturated carbocycles. The minimum atomic E-state index is -0.0233. The van der Waals surface area contributed by atoms with E-state index in [2.05, 4.69) is 13.5 Å². The number of amides is 1. The van der Waals surface area contributed by atoms with Crippen molar-refractivity contribution in [3.8, 4) is 22.7 Å². The molecule has 36 heavy (non-hydrogen) atoms. The Morgan fingerprint density at radius 3 is 2.67 bits per heavy atom. The predicted octanol–water partition coefficient (Wildman–Crippen LogP) is 7.19. The van der Waals surface area contributed by atoms with Gasteiger partial charge in [0.2, 0.25) is 0 Å². The number of thioether (sulfide) groups is 1. The topological polar surface area (TPSA) is 47.4 Å². The highest BCUT2D eigenvalue weighted by molar-refractivity contribution is 8.26. The minimum absolute atomic E-state index is 0.0233. The minimum Gasteiger partial charge on any atom is -0.490 e. The lowest BCUT2D eigenvalue weighted by Crippen LogP contribution is -2.29. The third-order valence-electron chi connectivity index (χ3n) is 5.98. The molecular formula is C29H31N3O2S2. The zero-order valence-electron chi connectivity index (χ0n) is 20.8. The normalized spacial score (nSPS) is 14.6. The van der Waals surface area contributed by atoms with Crippen molar-refractivity contribution in [3.05, 3.63) is 83.4 Å². The first-order valence-electron chi connectivity index (χ1n) is 12.3. The van der Waals surface area contributed by atoms with E-state index in [1.54, 1.807) is 11.0 Å². The number of thiocarbonyl (C=S) groups is 1. The molecule has 1 aromatic heterocycles. The van der Waals surface area contributed by atoms with Crippen molar-refractivity contribution >= 4 is 40.3 Å². The van der Waals surface area contributed by atoms with Crippen LogP contribution in [0.3, 0.4) is 0 Å². The Bertz CT molecular complexity index is 1280. The Morgan fingerprint density at radius 1 is 1.14 bits per heavy atom. The number of rotatable bonds is 11. The van der Waals surface area contributed by atoms with E-state index in [9.17, 15) is 4.79 Å². The van der Waals surface area contributed by atoms with E-state index in [1.165, 1.54) is 18.2 Å². The summed E-state index contributed by atoms with van der Waals surface area (Å²) in [6.07, 6.45) is 10.0. The number of para-hydroxylation sites is 1. The van der Waals surface area contributed by atoms with E-state index < -0.39 is 0 Å². The monoisotopic (exact) mass is 517 g/mol. The van der Waals surface area contributed by atoms with Crippen LogP contribution in [0, 0.1) is 6.92 Å². The molecule has 1 aliphatic heterocycles. The van der Waals surface area contributed by atoms with Gasteiger partial charge in [0.05, 0.1) is 10.6 Å². The first kappa shape index (κ1) is 25.9. The molecule has 0 unspecified atom stereocenters. The molecule has 0 atom stereocenters. The number of ether oxygens (including phenoxy) is 1. The fourth-order valence-electron chi connectivity index (χ4n) is 4.09. The maximum Gasteiger partial charge on any atom is 0.266 e. The second-order valence-corrected chi connectivity index (χ2v) is 10.4. The number of hydrogen-bond acceptors (Lipinski definition) is 5. The largest absolute Gasteiger partial charge is 0.490 e. The third kappa shape index (κ3) is 5.97. The molecule has 0 aliphatic carbocycles. The Labute approximate surface area is 222 Å². The second-order valence-electron chi connectivity index (χ2n) is 8.68. The fraction of sp³-hybridized carbons (Fsp3) is 0.276. The summed E-state index contributed by atoms with van der Waals surface area (Å²) in [6.45, 7) is 9.05. The molecule has 1 saturated heterocycles. The van der Waals surface area contributed by atoms with Gasteiger partial charge in [-0.15, -0.1) is 0 Å². The number of unbranched alkanes of at least 4 members (excludes halogenated alkanes) is 3. The van der Waals surface area contributed by atoms with Crippen molar-refractivity contribution in [2.45, 2.75) is 39.5 Å². The van der Waals surface area contributed by atoms with Crippen molar-refractivity contribution in [1.29, 1.82) is 0 Å². The van der Waals surface area contributed by atoms with Crippen molar-refractivity contribution in [2.75, 3.05) is 13.2 Å². The molecule has 7 heteroatoms. The molecule has 0 bridgehead atoms. The molecule has 0 spiro atoms. The molecule has 5 nitrogen and oxygen atoms in total. The van der Waals surface area contributed by atoms with Gasteiger partial charge in [-0.25, -0.2) is 4.68 Å². The number of aromatic nitrogens is 2. The van der Waals surface area contributed by atoms with Crippen LogP contribution in [-0.2, 0) is 4.79 Å². The highest BCUT2D eigenvalue weighted by Crippen LogP contribution is 2.36. The smallest absolute Gasteiger partial charge is 0.266 e. The van der Waals surface area contributed by atoms with Gasteiger partial charge < -0.3 is 4.74 Å². The van der Waals surface area contributed by atoms with E-state index in [1.807, 2.05) is 72.4 Å². The van der Waals surface area contributed by atoms with Gasteiger partial charge in [0.1, 0.15) is 22.4 Å². The molecule has 1 fully saturated rings. The lowest BCUT2D eigenvalue weighted by atomic mass is 10.0. The third-order valence-corrected chi connectivity index (χ3v) is 7.36. The summed E-state index contributed by atoms with van der Waals surface area (Å²) >= 11 is 6.92. The molecule has 0 radical (unpaired) electrons. The Hall–Kier alpha value is -3.16. The first-order chi connectivity index (χ1) is 17.5. The fourth-order valence-corrected chi connectivity index (χ4v) is 5.39. The Morgan fingerprint density at radius 2 is 1.94 bits per heavy atom. The van der Waals surface area contributed by atoms with Crippen molar-refractivity contribution in [1.82, 2.24) is 14.7 Å². The predicted molar refractivity (Wildman–Crippen MR) is 153 cm³/mol. The zero-order valence-corrected chi connectivity index (χ0v) is 22.4. The van der Waals surface area contributed by atoms with Gasteiger partial charge in [-0.3, -0.25) is 9.69 Å². The van der Waals surface area contributed by atoms with Crippen LogP contribution in [0.25, 0.3) is 23.0 Å². The number of aryl methyl sites for hydroxylation is 1. The van der Waals surface area contributed by atoms with Crippen LogP contribution in [0.5, 0.6) is 5.75 Å². The van der Waals surface area contributed by atoms with Gasteiger partial charge in [0, 0.05) is 23.9 Å². The molecule has 3 aromatic rings. The van der Waals surface area contributed by atoms with Crippen LogP contribution < -0.4 is 4.74 Å². The van der Waals surface area contributed by atoms with Gasteiger partial charge in [0.25, 0.3) is 5.91 Å². The molecule has 1 aliphatic rings. The zero-order chi connectivity index (χ0) is 25.5. The Kier molecular flexibility index (Phi) is 8.78. The van der Waals surface area contributed by atoms with Gasteiger partial charge in [-0.05, 0) is 55.3 Å². The SMILES string of the molecule is C=CCOc1ccc(-c2nn(-c3ccccc3)cc2C=C2SC(=S)N(CCCCCC)C2=O)c(C)c1. The van der Waals surface area contributed by atoms with E-state index in [0.29, 0.717) is 22.4 Å². The molecule has 1 amide bonds. The van der Waals surface area contributed by atoms with Crippen molar-refractivity contribution < 1.29 is 9.53 Å².